The predicted octanol–water partition coefficient (Wildman–Crippen LogP) is 7.51. The lowest BCUT2D eigenvalue weighted by Crippen LogP contribution is -1.96. The van der Waals surface area contributed by atoms with Crippen LogP contribution in [0.2, 0.25) is 0 Å². The van der Waals surface area contributed by atoms with E-state index in [1.54, 1.807) is 0 Å². The highest BCUT2D eigenvalue weighted by Crippen LogP contribution is 2.29. The van der Waals surface area contributed by atoms with Crippen LogP contribution >= 0.6 is 0 Å². The van der Waals surface area contributed by atoms with E-state index in [0.717, 1.165) is 18.4 Å². The Bertz CT molecular complexity index is 436. The van der Waals surface area contributed by atoms with Crippen LogP contribution in [-0.4, -0.2) is 5.11 Å². The zero-order chi connectivity index (χ0) is 17.6. The molecule has 0 aliphatic carbocycles. The summed E-state index contributed by atoms with van der Waals surface area (Å²) < 4.78 is 0. The highest BCUT2D eigenvalue weighted by atomic mass is 16.3. The zero-order valence-corrected chi connectivity index (χ0v) is 16.5. The number of aryl methyl sites for hydroxylation is 2. The lowest BCUT2D eigenvalue weighted by Gasteiger charge is -2.13. The van der Waals surface area contributed by atoms with Gasteiger partial charge in [-0.15, -0.1) is 0 Å². The van der Waals surface area contributed by atoms with Crippen LogP contribution < -0.4 is 0 Å². The quantitative estimate of drug-likeness (QED) is 0.349. The van der Waals surface area contributed by atoms with Crippen LogP contribution in [0.5, 0.6) is 5.75 Å². The van der Waals surface area contributed by atoms with Crippen LogP contribution in [-0.2, 0) is 12.8 Å². The molecule has 1 aromatic carbocycles. The fraction of sp³-hybridized carbons (Fsp3) is 0.739. The standard InChI is InChI=1S/C23H40O/c1-4-6-8-10-12-14-16-21-19-18-20(3)22(23(21)24)17-15-13-11-9-7-5-2/h18-19,24H,4-17H2,1-3H3. The molecule has 24 heavy (non-hydrogen) atoms. The summed E-state index contributed by atoms with van der Waals surface area (Å²) in [5, 5.41) is 10.7. The van der Waals surface area contributed by atoms with Gasteiger partial charge in [-0.05, 0) is 49.3 Å². The van der Waals surface area contributed by atoms with E-state index in [1.165, 1.54) is 88.2 Å². The molecule has 0 aromatic heterocycles. The van der Waals surface area contributed by atoms with E-state index in [-0.39, 0.29) is 0 Å². The minimum Gasteiger partial charge on any atom is -0.507 e. The van der Waals surface area contributed by atoms with Crippen molar-refractivity contribution in [3.05, 3.63) is 28.8 Å². The molecule has 1 rings (SSSR count). The molecule has 0 saturated heterocycles. The molecule has 1 N–H and O–H groups in total. The number of benzene rings is 1. The average molecular weight is 333 g/mol. The molecule has 0 saturated carbocycles. The summed E-state index contributed by atoms with van der Waals surface area (Å²) in [6, 6.07) is 4.35. The van der Waals surface area contributed by atoms with Crippen molar-refractivity contribution in [2.45, 2.75) is 111 Å². The molecule has 0 fully saturated rings. The molecule has 0 atom stereocenters. The van der Waals surface area contributed by atoms with Gasteiger partial charge in [-0.25, -0.2) is 0 Å². The van der Waals surface area contributed by atoms with Crippen molar-refractivity contribution in [2.75, 3.05) is 0 Å². The highest BCUT2D eigenvalue weighted by Gasteiger charge is 2.10. The van der Waals surface area contributed by atoms with E-state index in [4.69, 9.17) is 0 Å². The van der Waals surface area contributed by atoms with Crippen molar-refractivity contribution in [3.8, 4) is 5.75 Å². The van der Waals surface area contributed by atoms with Crippen molar-refractivity contribution in [1.82, 2.24) is 0 Å². The Morgan fingerprint density at radius 1 is 0.667 bits per heavy atom. The van der Waals surface area contributed by atoms with Crippen molar-refractivity contribution in [2.24, 2.45) is 0 Å². The first-order valence-electron chi connectivity index (χ1n) is 10.5. The Balaban J connectivity index is 2.39. The van der Waals surface area contributed by atoms with Crippen LogP contribution in [0.4, 0.5) is 0 Å². The first-order chi connectivity index (χ1) is 11.7. The van der Waals surface area contributed by atoms with Gasteiger partial charge < -0.3 is 5.11 Å². The van der Waals surface area contributed by atoms with Crippen molar-refractivity contribution in [1.29, 1.82) is 0 Å². The van der Waals surface area contributed by atoms with Crippen LogP contribution in [0, 0.1) is 6.92 Å². The first kappa shape index (κ1) is 21.1. The number of unbranched alkanes of at least 4 members (excludes halogenated alkanes) is 10. The summed E-state index contributed by atoms with van der Waals surface area (Å²) in [6.07, 6.45) is 17.8. The van der Waals surface area contributed by atoms with Gasteiger partial charge in [0, 0.05) is 0 Å². The van der Waals surface area contributed by atoms with Gasteiger partial charge in [-0.3, -0.25) is 0 Å². The van der Waals surface area contributed by atoms with Crippen LogP contribution in [0.15, 0.2) is 12.1 Å². The second-order valence-corrected chi connectivity index (χ2v) is 7.40. The molecule has 1 nitrogen and oxygen atoms in total. The largest absolute Gasteiger partial charge is 0.507 e. The summed E-state index contributed by atoms with van der Waals surface area (Å²) >= 11 is 0. The van der Waals surface area contributed by atoms with Gasteiger partial charge in [-0.1, -0.05) is 90.2 Å². The lowest BCUT2D eigenvalue weighted by atomic mass is 9.95. The Labute approximate surface area is 150 Å². The second kappa shape index (κ2) is 13.3. The number of phenols is 1. The fourth-order valence-electron chi connectivity index (χ4n) is 3.48. The van der Waals surface area contributed by atoms with E-state index in [1.807, 2.05) is 0 Å². The van der Waals surface area contributed by atoms with Gasteiger partial charge in [0.2, 0.25) is 0 Å². The van der Waals surface area contributed by atoms with E-state index in [0.29, 0.717) is 5.75 Å². The average Bonchev–Trinajstić information content (AvgIpc) is 2.58. The first-order valence-corrected chi connectivity index (χ1v) is 10.5. The van der Waals surface area contributed by atoms with Crippen molar-refractivity contribution >= 4 is 0 Å². The van der Waals surface area contributed by atoms with Gasteiger partial charge in [0.25, 0.3) is 0 Å². The maximum Gasteiger partial charge on any atom is 0.122 e. The van der Waals surface area contributed by atoms with Crippen LogP contribution in [0.3, 0.4) is 0 Å². The normalized spacial score (nSPS) is 11.1. The molecular weight excluding hydrogens is 292 g/mol. The summed E-state index contributed by atoms with van der Waals surface area (Å²) in [4.78, 5) is 0. The fourth-order valence-corrected chi connectivity index (χ4v) is 3.48. The summed E-state index contributed by atoms with van der Waals surface area (Å²) in [6.45, 7) is 6.66. The molecular formula is C23H40O. The molecule has 138 valence electrons. The zero-order valence-electron chi connectivity index (χ0n) is 16.5. The molecule has 1 aromatic rings. The molecule has 1 heteroatoms. The Kier molecular flexibility index (Phi) is 11.7. The third kappa shape index (κ3) is 8.22. The minimum absolute atomic E-state index is 0.595. The Morgan fingerprint density at radius 2 is 1.17 bits per heavy atom. The maximum absolute atomic E-state index is 10.7. The summed E-state index contributed by atoms with van der Waals surface area (Å²) in [5.74, 6) is 0.595. The van der Waals surface area contributed by atoms with Gasteiger partial charge in [0.15, 0.2) is 0 Å². The van der Waals surface area contributed by atoms with Crippen molar-refractivity contribution < 1.29 is 5.11 Å². The summed E-state index contributed by atoms with van der Waals surface area (Å²) in [7, 11) is 0. The van der Waals surface area contributed by atoms with E-state index in [9.17, 15) is 5.11 Å². The summed E-state index contributed by atoms with van der Waals surface area (Å²) in [5.41, 5.74) is 3.62. The molecule has 0 aliphatic heterocycles. The molecule has 0 aliphatic rings. The number of aromatic hydroxyl groups is 1. The van der Waals surface area contributed by atoms with Gasteiger partial charge in [0.05, 0.1) is 0 Å². The molecule has 0 amide bonds. The monoisotopic (exact) mass is 332 g/mol. The number of hydrogen-bond acceptors (Lipinski definition) is 1. The van der Waals surface area contributed by atoms with Gasteiger partial charge >= 0.3 is 0 Å². The Hall–Kier alpha value is -0.980. The topological polar surface area (TPSA) is 20.2 Å². The maximum atomic E-state index is 10.7. The van der Waals surface area contributed by atoms with Gasteiger partial charge in [0.1, 0.15) is 5.75 Å². The van der Waals surface area contributed by atoms with Gasteiger partial charge in [-0.2, -0.15) is 0 Å². The highest BCUT2D eigenvalue weighted by molar-refractivity contribution is 5.45. The van der Waals surface area contributed by atoms with E-state index in [2.05, 4.69) is 32.9 Å². The number of phenolic OH excluding ortho intramolecular Hbond substituents is 1. The van der Waals surface area contributed by atoms with E-state index >= 15 is 0 Å². The predicted molar refractivity (Wildman–Crippen MR) is 107 cm³/mol. The molecule has 0 spiro atoms. The van der Waals surface area contributed by atoms with Crippen LogP contribution in [0.25, 0.3) is 0 Å². The molecule has 0 heterocycles. The lowest BCUT2D eigenvalue weighted by molar-refractivity contribution is 0.456. The molecule has 0 bridgehead atoms. The second-order valence-electron chi connectivity index (χ2n) is 7.40. The van der Waals surface area contributed by atoms with Crippen molar-refractivity contribution in [3.63, 3.8) is 0 Å². The SMILES string of the molecule is CCCCCCCCc1ccc(C)c(CCCCCCCC)c1O. The number of hydrogen-bond donors (Lipinski definition) is 1. The molecule has 0 unspecified atom stereocenters. The number of rotatable bonds is 14. The molecule has 0 radical (unpaired) electrons. The third-order valence-corrected chi connectivity index (χ3v) is 5.18. The minimum atomic E-state index is 0.595. The Morgan fingerprint density at radius 3 is 1.75 bits per heavy atom. The van der Waals surface area contributed by atoms with Crippen LogP contribution in [0.1, 0.15) is 108 Å². The van der Waals surface area contributed by atoms with E-state index < -0.39 is 0 Å². The third-order valence-electron chi connectivity index (χ3n) is 5.18. The smallest absolute Gasteiger partial charge is 0.122 e.